The van der Waals surface area contributed by atoms with E-state index < -0.39 is 0 Å². The standard InChI is InChI=1S/C24H25ClN4O2/c1-15-12-17(6-8-19(15)24(30)29-10-4-5-11-29)16(2)26-22(14-31-3)23-27-20-9-7-18(25)13-21(20)28-23/h4-9,12-13,22,26H,2,10-11,14H2,1,3H3,(H,27,28). The van der Waals surface area contributed by atoms with Gasteiger partial charge in [-0.25, -0.2) is 4.98 Å². The third-order valence-corrected chi connectivity index (χ3v) is 5.62. The number of imidazole rings is 1. The van der Waals surface area contributed by atoms with E-state index in [0.29, 0.717) is 30.3 Å². The van der Waals surface area contributed by atoms with E-state index in [1.54, 1.807) is 7.11 Å². The summed E-state index contributed by atoms with van der Waals surface area (Å²) < 4.78 is 5.40. The molecule has 7 heteroatoms. The number of aryl methyl sites for hydroxylation is 1. The third-order valence-electron chi connectivity index (χ3n) is 5.39. The highest BCUT2D eigenvalue weighted by molar-refractivity contribution is 6.31. The van der Waals surface area contributed by atoms with Crippen LogP contribution >= 0.6 is 11.6 Å². The van der Waals surface area contributed by atoms with Crippen LogP contribution in [0.4, 0.5) is 0 Å². The predicted octanol–water partition coefficient (Wildman–Crippen LogP) is 4.48. The molecule has 31 heavy (non-hydrogen) atoms. The quantitative estimate of drug-likeness (QED) is 0.535. The number of aromatic amines is 1. The van der Waals surface area contributed by atoms with Gasteiger partial charge in [0.1, 0.15) is 11.9 Å². The predicted molar refractivity (Wildman–Crippen MR) is 124 cm³/mol. The van der Waals surface area contributed by atoms with Gasteiger partial charge < -0.3 is 19.9 Å². The molecule has 0 spiro atoms. The minimum absolute atomic E-state index is 0.0471. The first-order chi connectivity index (χ1) is 15.0. The number of fused-ring (bicyclic) bond motifs is 1. The molecule has 0 aliphatic carbocycles. The molecule has 0 bridgehead atoms. The SMILES string of the molecule is C=C(NC(COC)c1nc2cc(Cl)ccc2[nH]1)c1ccc(C(=O)N2CC=CC2)c(C)c1. The maximum atomic E-state index is 12.7. The molecule has 1 aliphatic heterocycles. The average Bonchev–Trinajstić information content (AvgIpc) is 3.42. The lowest BCUT2D eigenvalue weighted by molar-refractivity contribution is 0.0799. The zero-order valence-corrected chi connectivity index (χ0v) is 18.4. The topological polar surface area (TPSA) is 70.2 Å². The summed E-state index contributed by atoms with van der Waals surface area (Å²) in [4.78, 5) is 22.5. The highest BCUT2D eigenvalue weighted by atomic mass is 35.5. The van der Waals surface area contributed by atoms with Gasteiger partial charge in [0.05, 0.1) is 17.6 Å². The summed E-state index contributed by atoms with van der Waals surface area (Å²) in [5.41, 5.74) is 4.97. The molecule has 1 aromatic heterocycles. The first kappa shape index (κ1) is 21.2. The van der Waals surface area contributed by atoms with Crippen LogP contribution in [-0.4, -0.2) is 47.6 Å². The maximum absolute atomic E-state index is 12.7. The highest BCUT2D eigenvalue weighted by Gasteiger charge is 2.20. The Balaban J connectivity index is 1.53. The number of ether oxygens (including phenoxy) is 1. The minimum atomic E-state index is -0.221. The van der Waals surface area contributed by atoms with E-state index >= 15 is 0 Å². The Morgan fingerprint density at radius 1 is 1.29 bits per heavy atom. The van der Waals surface area contributed by atoms with Crippen molar-refractivity contribution in [2.75, 3.05) is 26.8 Å². The summed E-state index contributed by atoms with van der Waals surface area (Å²) in [5, 5.41) is 4.05. The zero-order chi connectivity index (χ0) is 22.0. The molecule has 160 valence electrons. The Kier molecular flexibility index (Phi) is 6.11. The van der Waals surface area contributed by atoms with E-state index in [1.807, 2.05) is 60.4 Å². The van der Waals surface area contributed by atoms with Gasteiger partial charge in [-0.2, -0.15) is 0 Å². The summed E-state index contributed by atoms with van der Waals surface area (Å²) in [6.45, 7) is 7.88. The Bertz CT molecular complexity index is 1160. The third kappa shape index (κ3) is 4.50. The lowest BCUT2D eigenvalue weighted by Crippen LogP contribution is -2.29. The van der Waals surface area contributed by atoms with Gasteiger partial charge in [0, 0.05) is 36.5 Å². The number of benzene rings is 2. The van der Waals surface area contributed by atoms with Gasteiger partial charge in [0.2, 0.25) is 0 Å². The second-order valence-corrected chi connectivity index (χ2v) is 8.06. The Morgan fingerprint density at radius 3 is 2.77 bits per heavy atom. The molecule has 4 rings (SSSR count). The van der Waals surface area contributed by atoms with Crippen molar-refractivity contribution in [3.8, 4) is 0 Å². The van der Waals surface area contributed by atoms with Crippen molar-refractivity contribution in [3.63, 3.8) is 0 Å². The van der Waals surface area contributed by atoms with Crippen LogP contribution in [0.1, 0.15) is 33.4 Å². The van der Waals surface area contributed by atoms with Crippen molar-refractivity contribution in [2.24, 2.45) is 0 Å². The van der Waals surface area contributed by atoms with Crippen LogP contribution in [0.2, 0.25) is 5.02 Å². The fourth-order valence-corrected chi connectivity index (χ4v) is 3.88. The van der Waals surface area contributed by atoms with Crippen LogP contribution in [0.15, 0.2) is 55.1 Å². The van der Waals surface area contributed by atoms with Gasteiger partial charge >= 0.3 is 0 Å². The summed E-state index contributed by atoms with van der Waals surface area (Å²) in [6.07, 6.45) is 4.02. The lowest BCUT2D eigenvalue weighted by atomic mass is 10.0. The van der Waals surface area contributed by atoms with E-state index in [0.717, 1.165) is 33.7 Å². The van der Waals surface area contributed by atoms with Crippen molar-refractivity contribution in [1.82, 2.24) is 20.2 Å². The summed E-state index contributed by atoms with van der Waals surface area (Å²) in [5.74, 6) is 0.788. The maximum Gasteiger partial charge on any atom is 0.254 e. The molecule has 0 saturated heterocycles. The van der Waals surface area contributed by atoms with Crippen molar-refractivity contribution in [3.05, 3.63) is 82.7 Å². The second-order valence-electron chi connectivity index (χ2n) is 7.63. The monoisotopic (exact) mass is 436 g/mol. The molecule has 3 aromatic rings. The van der Waals surface area contributed by atoms with E-state index in [9.17, 15) is 4.79 Å². The Labute approximate surface area is 186 Å². The molecule has 1 atom stereocenters. The number of carbonyl (C=O) groups excluding carboxylic acids is 1. The molecule has 2 aromatic carbocycles. The van der Waals surface area contributed by atoms with Crippen LogP contribution in [0, 0.1) is 6.92 Å². The molecular weight excluding hydrogens is 412 g/mol. The van der Waals surface area contributed by atoms with Gasteiger partial charge in [-0.15, -0.1) is 0 Å². The summed E-state index contributed by atoms with van der Waals surface area (Å²) in [7, 11) is 1.65. The van der Waals surface area contributed by atoms with Gasteiger partial charge in [-0.1, -0.05) is 36.4 Å². The Morgan fingerprint density at radius 2 is 2.06 bits per heavy atom. The molecular formula is C24H25ClN4O2. The first-order valence-electron chi connectivity index (χ1n) is 10.1. The number of aromatic nitrogens is 2. The number of nitrogens with zero attached hydrogens (tertiary/aromatic N) is 2. The number of hydrogen-bond donors (Lipinski definition) is 2. The van der Waals surface area contributed by atoms with Crippen molar-refractivity contribution >= 4 is 34.2 Å². The van der Waals surface area contributed by atoms with Crippen molar-refractivity contribution in [1.29, 1.82) is 0 Å². The number of methoxy groups -OCH3 is 1. The molecule has 1 unspecified atom stereocenters. The number of amides is 1. The molecule has 2 heterocycles. The van der Waals surface area contributed by atoms with Crippen LogP contribution < -0.4 is 5.32 Å². The van der Waals surface area contributed by atoms with Crippen LogP contribution in [-0.2, 0) is 4.74 Å². The molecule has 0 fully saturated rings. The number of H-pyrrole nitrogens is 1. The smallest absolute Gasteiger partial charge is 0.254 e. The van der Waals surface area contributed by atoms with Crippen LogP contribution in [0.25, 0.3) is 16.7 Å². The molecule has 1 aliphatic rings. The van der Waals surface area contributed by atoms with Crippen molar-refractivity contribution < 1.29 is 9.53 Å². The van der Waals surface area contributed by atoms with Gasteiger partial charge in [-0.05, 0) is 48.4 Å². The number of carbonyl (C=O) groups is 1. The number of nitrogens with one attached hydrogen (secondary N) is 2. The highest BCUT2D eigenvalue weighted by Crippen LogP contribution is 2.24. The largest absolute Gasteiger partial charge is 0.382 e. The van der Waals surface area contributed by atoms with Crippen LogP contribution in [0.5, 0.6) is 0 Å². The fraction of sp³-hybridized carbons (Fsp3) is 0.250. The lowest BCUT2D eigenvalue weighted by Gasteiger charge is -2.20. The summed E-state index contributed by atoms with van der Waals surface area (Å²) in [6, 6.07) is 11.1. The van der Waals surface area contributed by atoms with E-state index in [1.165, 1.54) is 0 Å². The van der Waals surface area contributed by atoms with Crippen LogP contribution in [0.3, 0.4) is 0 Å². The van der Waals surface area contributed by atoms with E-state index in [-0.39, 0.29) is 11.9 Å². The molecule has 0 saturated carbocycles. The summed E-state index contributed by atoms with van der Waals surface area (Å²) >= 11 is 6.09. The fourth-order valence-electron chi connectivity index (χ4n) is 3.72. The number of rotatable bonds is 7. The van der Waals surface area contributed by atoms with E-state index in [4.69, 9.17) is 16.3 Å². The molecule has 0 radical (unpaired) electrons. The number of hydrogen-bond acceptors (Lipinski definition) is 4. The van der Waals surface area contributed by atoms with E-state index in [2.05, 4.69) is 21.9 Å². The van der Waals surface area contributed by atoms with Gasteiger partial charge in [0.25, 0.3) is 5.91 Å². The van der Waals surface area contributed by atoms with Gasteiger partial charge in [0.15, 0.2) is 0 Å². The molecule has 6 nitrogen and oxygen atoms in total. The Hall–Kier alpha value is -3.09. The van der Waals surface area contributed by atoms with Crippen molar-refractivity contribution in [2.45, 2.75) is 13.0 Å². The normalized spacial score (nSPS) is 14.2. The molecule has 1 amide bonds. The average molecular weight is 437 g/mol. The minimum Gasteiger partial charge on any atom is -0.382 e. The zero-order valence-electron chi connectivity index (χ0n) is 17.6. The molecule has 2 N–H and O–H groups in total. The first-order valence-corrected chi connectivity index (χ1v) is 10.5. The second kappa shape index (κ2) is 8.96. The van der Waals surface area contributed by atoms with Gasteiger partial charge in [-0.3, -0.25) is 4.79 Å². The number of halogens is 1.